The summed E-state index contributed by atoms with van der Waals surface area (Å²) in [5, 5.41) is 10.3. The van der Waals surface area contributed by atoms with Gasteiger partial charge in [0.1, 0.15) is 5.82 Å². The zero-order valence-corrected chi connectivity index (χ0v) is 7.31. The molecule has 4 N–H and O–H groups in total. The van der Waals surface area contributed by atoms with Crippen molar-refractivity contribution < 1.29 is 9.31 Å². The van der Waals surface area contributed by atoms with Crippen LogP contribution >= 0.6 is 0 Å². The van der Waals surface area contributed by atoms with Crippen LogP contribution in [0.3, 0.4) is 0 Å². The number of non-ortho nitro benzene ring substituents is 1. The molecule has 0 saturated heterocycles. The standard InChI is InChI=1S/C8H10FN3O2/c9-7-3-5(12(13)14)1-2-6(7)8(11)4-10/h1-3,8H,4,10-11H2/t8-/m1/s1. The Hall–Kier alpha value is -1.53. The topological polar surface area (TPSA) is 95.2 Å². The molecule has 0 aliphatic heterocycles. The Bertz CT molecular complexity index is 356. The van der Waals surface area contributed by atoms with Crippen LogP contribution in [0.2, 0.25) is 0 Å². The lowest BCUT2D eigenvalue weighted by molar-refractivity contribution is -0.385. The smallest absolute Gasteiger partial charge is 0.272 e. The fraction of sp³-hybridized carbons (Fsp3) is 0.250. The number of nitro benzene ring substituents is 1. The summed E-state index contributed by atoms with van der Waals surface area (Å²) in [4.78, 5) is 9.62. The molecule has 0 aromatic heterocycles. The molecule has 0 unspecified atom stereocenters. The van der Waals surface area contributed by atoms with Crippen LogP contribution in [0, 0.1) is 15.9 Å². The Balaban J connectivity index is 3.07. The molecule has 14 heavy (non-hydrogen) atoms. The predicted octanol–water partition coefficient (Wildman–Crippen LogP) is 0.692. The molecule has 6 heteroatoms. The van der Waals surface area contributed by atoms with Crippen molar-refractivity contribution >= 4 is 5.69 Å². The number of hydrogen-bond donors (Lipinski definition) is 2. The highest BCUT2D eigenvalue weighted by Gasteiger charge is 2.14. The molecule has 1 aromatic carbocycles. The van der Waals surface area contributed by atoms with Gasteiger partial charge in [0.2, 0.25) is 0 Å². The third kappa shape index (κ3) is 2.04. The molecule has 76 valence electrons. The SMILES string of the molecule is NC[C@@H](N)c1ccc([N+](=O)[O-])cc1F. The fourth-order valence-corrected chi connectivity index (χ4v) is 1.06. The summed E-state index contributed by atoms with van der Waals surface area (Å²) in [6.07, 6.45) is 0. The lowest BCUT2D eigenvalue weighted by Crippen LogP contribution is -2.21. The van der Waals surface area contributed by atoms with Crippen LogP contribution in [0.5, 0.6) is 0 Å². The molecule has 1 rings (SSSR count). The summed E-state index contributed by atoms with van der Waals surface area (Å²) in [7, 11) is 0. The summed E-state index contributed by atoms with van der Waals surface area (Å²) in [5.74, 6) is -0.697. The Morgan fingerprint density at radius 1 is 1.57 bits per heavy atom. The average Bonchev–Trinajstić information content (AvgIpc) is 2.16. The second-order valence-electron chi connectivity index (χ2n) is 2.81. The van der Waals surface area contributed by atoms with Gasteiger partial charge in [-0.2, -0.15) is 0 Å². The van der Waals surface area contributed by atoms with Gasteiger partial charge >= 0.3 is 0 Å². The minimum atomic E-state index is -0.697. The van der Waals surface area contributed by atoms with Gasteiger partial charge in [-0.15, -0.1) is 0 Å². The van der Waals surface area contributed by atoms with Gasteiger partial charge in [-0.25, -0.2) is 4.39 Å². The fourth-order valence-electron chi connectivity index (χ4n) is 1.06. The van der Waals surface area contributed by atoms with Crippen molar-refractivity contribution in [2.75, 3.05) is 6.54 Å². The molecule has 0 radical (unpaired) electrons. The lowest BCUT2D eigenvalue weighted by atomic mass is 10.1. The van der Waals surface area contributed by atoms with Gasteiger partial charge in [-0.05, 0) is 6.07 Å². The van der Waals surface area contributed by atoms with E-state index in [9.17, 15) is 14.5 Å². The maximum atomic E-state index is 13.2. The molecule has 0 aliphatic rings. The Morgan fingerprint density at radius 3 is 2.64 bits per heavy atom. The van der Waals surface area contributed by atoms with Crippen LogP contribution in [-0.4, -0.2) is 11.5 Å². The van der Waals surface area contributed by atoms with E-state index < -0.39 is 16.8 Å². The second kappa shape index (κ2) is 4.12. The van der Waals surface area contributed by atoms with Crippen LogP contribution in [-0.2, 0) is 0 Å². The first-order valence-corrected chi connectivity index (χ1v) is 3.95. The molecule has 0 spiro atoms. The number of hydrogen-bond acceptors (Lipinski definition) is 4. The summed E-state index contributed by atoms with van der Waals surface area (Å²) >= 11 is 0. The first-order chi connectivity index (χ1) is 6.56. The highest BCUT2D eigenvalue weighted by atomic mass is 19.1. The number of nitrogens with zero attached hydrogens (tertiary/aromatic N) is 1. The van der Waals surface area contributed by atoms with E-state index in [0.29, 0.717) is 0 Å². The predicted molar refractivity (Wildman–Crippen MR) is 49.0 cm³/mol. The van der Waals surface area contributed by atoms with E-state index in [1.165, 1.54) is 12.1 Å². The van der Waals surface area contributed by atoms with Gasteiger partial charge in [0.25, 0.3) is 5.69 Å². The van der Waals surface area contributed by atoms with Crippen molar-refractivity contribution in [3.05, 3.63) is 39.7 Å². The zero-order chi connectivity index (χ0) is 10.7. The van der Waals surface area contributed by atoms with Crippen molar-refractivity contribution in [2.24, 2.45) is 11.5 Å². The first kappa shape index (κ1) is 10.6. The molecule has 5 nitrogen and oxygen atoms in total. The van der Waals surface area contributed by atoms with E-state index in [1.54, 1.807) is 0 Å². The van der Waals surface area contributed by atoms with Gasteiger partial charge in [0, 0.05) is 24.2 Å². The van der Waals surface area contributed by atoms with Crippen molar-refractivity contribution in [1.29, 1.82) is 0 Å². The van der Waals surface area contributed by atoms with Gasteiger partial charge in [0.15, 0.2) is 0 Å². The number of rotatable bonds is 3. The minimum absolute atomic E-state index is 0.0920. The average molecular weight is 199 g/mol. The molecular formula is C8H10FN3O2. The largest absolute Gasteiger partial charge is 0.329 e. The quantitative estimate of drug-likeness (QED) is 0.553. The van der Waals surface area contributed by atoms with Gasteiger partial charge in [-0.1, -0.05) is 0 Å². The summed E-state index contributed by atoms with van der Waals surface area (Å²) in [5.41, 5.74) is 10.6. The van der Waals surface area contributed by atoms with Gasteiger partial charge < -0.3 is 11.5 Å². The third-order valence-electron chi connectivity index (χ3n) is 1.85. The number of nitrogens with two attached hydrogens (primary N) is 2. The van der Waals surface area contributed by atoms with E-state index in [4.69, 9.17) is 11.5 Å². The molecule has 1 atom stereocenters. The Kier molecular flexibility index (Phi) is 3.10. The van der Waals surface area contributed by atoms with E-state index in [-0.39, 0.29) is 17.8 Å². The summed E-state index contributed by atoms with van der Waals surface area (Å²) in [6.45, 7) is 0.0920. The molecule has 0 aliphatic carbocycles. The second-order valence-corrected chi connectivity index (χ2v) is 2.81. The summed E-state index contributed by atoms with van der Waals surface area (Å²) in [6, 6.07) is 2.69. The van der Waals surface area contributed by atoms with Crippen molar-refractivity contribution in [3.8, 4) is 0 Å². The first-order valence-electron chi connectivity index (χ1n) is 3.95. The number of nitro groups is 1. The summed E-state index contributed by atoms with van der Waals surface area (Å²) < 4.78 is 13.2. The molecule has 0 heterocycles. The van der Waals surface area contributed by atoms with Gasteiger partial charge in [-0.3, -0.25) is 10.1 Å². The molecule has 0 amide bonds. The van der Waals surface area contributed by atoms with E-state index in [2.05, 4.69) is 0 Å². The third-order valence-corrected chi connectivity index (χ3v) is 1.85. The maximum absolute atomic E-state index is 13.2. The monoisotopic (exact) mass is 199 g/mol. The zero-order valence-electron chi connectivity index (χ0n) is 7.31. The maximum Gasteiger partial charge on any atom is 0.272 e. The van der Waals surface area contributed by atoms with E-state index in [1.807, 2.05) is 0 Å². The van der Waals surface area contributed by atoms with Crippen LogP contribution in [0.25, 0.3) is 0 Å². The number of halogens is 1. The van der Waals surface area contributed by atoms with E-state index in [0.717, 1.165) is 6.07 Å². The molecular weight excluding hydrogens is 189 g/mol. The van der Waals surface area contributed by atoms with Crippen molar-refractivity contribution in [3.63, 3.8) is 0 Å². The molecule has 0 saturated carbocycles. The molecule has 1 aromatic rings. The highest BCUT2D eigenvalue weighted by molar-refractivity contribution is 5.35. The lowest BCUT2D eigenvalue weighted by Gasteiger charge is -2.09. The number of benzene rings is 1. The molecule has 0 fully saturated rings. The highest BCUT2D eigenvalue weighted by Crippen LogP contribution is 2.19. The molecule has 0 bridgehead atoms. The van der Waals surface area contributed by atoms with Gasteiger partial charge in [0.05, 0.1) is 11.0 Å². The van der Waals surface area contributed by atoms with Crippen LogP contribution in [0.1, 0.15) is 11.6 Å². The van der Waals surface area contributed by atoms with Crippen molar-refractivity contribution in [2.45, 2.75) is 6.04 Å². The van der Waals surface area contributed by atoms with Crippen molar-refractivity contribution in [1.82, 2.24) is 0 Å². The van der Waals surface area contributed by atoms with Crippen LogP contribution < -0.4 is 11.5 Å². The van der Waals surface area contributed by atoms with Crippen LogP contribution in [0.15, 0.2) is 18.2 Å². The normalized spacial score (nSPS) is 12.5. The Morgan fingerprint density at radius 2 is 2.21 bits per heavy atom. The van der Waals surface area contributed by atoms with E-state index >= 15 is 0 Å². The minimum Gasteiger partial charge on any atom is -0.329 e. The Labute approximate surface area is 79.7 Å². The van der Waals surface area contributed by atoms with Crippen LogP contribution in [0.4, 0.5) is 10.1 Å².